The summed E-state index contributed by atoms with van der Waals surface area (Å²) in [7, 11) is 1.77. The predicted octanol–water partition coefficient (Wildman–Crippen LogP) is 1.53. The van der Waals surface area contributed by atoms with Crippen molar-refractivity contribution in [2.45, 2.75) is 18.2 Å². The summed E-state index contributed by atoms with van der Waals surface area (Å²) < 4.78 is 1.05. The van der Waals surface area contributed by atoms with Crippen LogP contribution in [0.5, 0.6) is 0 Å². The molecule has 1 rings (SSSR count). The Morgan fingerprint density at radius 2 is 2.31 bits per heavy atom. The Labute approximate surface area is 85.4 Å². The second-order valence-electron chi connectivity index (χ2n) is 3.27. The maximum Gasteiger partial charge on any atom is 0.241 e. The van der Waals surface area contributed by atoms with Crippen molar-refractivity contribution in [2.75, 3.05) is 5.32 Å². The minimum atomic E-state index is -0.558. The topological polar surface area (TPSA) is 46.9 Å². The standard InChI is InChI=1S/C8H12BrN3O/c1-8(2,9)7(13)11-6-4-5-10-12(6)3/h4-5H,1-3H3,(H,11,13). The molecule has 0 atom stereocenters. The highest BCUT2D eigenvalue weighted by Gasteiger charge is 2.24. The summed E-state index contributed by atoms with van der Waals surface area (Å²) in [6, 6.07) is 1.75. The number of halogens is 1. The Morgan fingerprint density at radius 1 is 1.69 bits per heavy atom. The number of amides is 1. The van der Waals surface area contributed by atoms with Crippen LogP contribution in [0.3, 0.4) is 0 Å². The molecule has 0 saturated carbocycles. The molecule has 0 radical (unpaired) electrons. The largest absolute Gasteiger partial charge is 0.310 e. The van der Waals surface area contributed by atoms with E-state index in [0.717, 1.165) is 0 Å². The highest BCUT2D eigenvalue weighted by molar-refractivity contribution is 9.10. The second-order valence-corrected chi connectivity index (χ2v) is 5.25. The van der Waals surface area contributed by atoms with Crippen LogP contribution in [0.1, 0.15) is 13.8 Å². The van der Waals surface area contributed by atoms with Gasteiger partial charge in [-0.3, -0.25) is 9.48 Å². The van der Waals surface area contributed by atoms with Gasteiger partial charge in [-0.1, -0.05) is 15.9 Å². The SMILES string of the molecule is Cn1nccc1NC(=O)C(C)(C)Br. The molecule has 1 heterocycles. The van der Waals surface area contributed by atoms with E-state index in [2.05, 4.69) is 26.3 Å². The lowest BCUT2D eigenvalue weighted by atomic mass is 10.2. The lowest BCUT2D eigenvalue weighted by Gasteiger charge is -2.15. The van der Waals surface area contributed by atoms with Gasteiger partial charge in [-0.2, -0.15) is 5.10 Å². The van der Waals surface area contributed by atoms with Crippen LogP contribution < -0.4 is 5.32 Å². The summed E-state index contributed by atoms with van der Waals surface area (Å²) in [5.41, 5.74) is 0. The fraction of sp³-hybridized carbons (Fsp3) is 0.500. The Hall–Kier alpha value is -0.840. The van der Waals surface area contributed by atoms with Crippen molar-refractivity contribution in [1.82, 2.24) is 9.78 Å². The Kier molecular flexibility index (Phi) is 2.75. The van der Waals surface area contributed by atoms with Gasteiger partial charge in [0.1, 0.15) is 5.82 Å². The monoisotopic (exact) mass is 245 g/mol. The zero-order chi connectivity index (χ0) is 10.1. The average Bonchev–Trinajstić information content (AvgIpc) is 2.34. The molecule has 0 bridgehead atoms. The fourth-order valence-electron chi connectivity index (χ4n) is 0.762. The number of carbonyl (C=O) groups is 1. The minimum Gasteiger partial charge on any atom is -0.310 e. The van der Waals surface area contributed by atoms with E-state index < -0.39 is 4.32 Å². The van der Waals surface area contributed by atoms with E-state index in [9.17, 15) is 4.79 Å². The van der Waals surface area contributed by atoms with Crippen molar-refractivity contribution in [3.05, 3.63) is 12.3 Å². The van der Waals surface area contributed by atoms with Gasteiger partial charge in [-0.05, 0) is 13.8 Å². The highest BCUT2D eigenvalue weighted by atomic mass is 79.9. The second kappa shape index (κ2) is 3.49. The molecule has 1 aromatic heterocycles. The first-order valence-electron chi connectivity index (χ1n) is 3.89. The number of anilines is 1. The number of aryl methyl sites for hydroxylation is 1. The normalized spacial score (nSPS) is 11.4. The number of hydrogen-bond acceptors (Lipinski definition) is 2. The first-order valence-corrected chi connectivity index (χ1v) is 4.69. The smallest absolute Gasteiger partial charge is 0.241 e. The first kappa shape index (κ1) is 10.2. The van der Waals surface area contributed by atoms with Crippen molar-refractivity contribution in [3.63, 3.8) is 0 Å². The van der Waals surface area contributed by atoms with Crippen molar-refractivity contribution in [1.29, 1.82) is 0 Å². The molecule has 5 heteroatoms. The molecule has 4 nitrogen and oxygen atoms in total. The fourth-order valence-corrected chi connectivity index (χ4v) is 0.861. The summed E-state index contributed by atoms with van der Waals surface area (Å²) in [4.78, 5) is 11.5. The van der Waals surface area contributed by atoms with E-state index in [1.165, 1.54) is 0 Å². The van der Waals surface area contributed by atoms with Crippen LogP contribution in [0.2, 0.25) is 0 Å². The molecular formula is C8H12BrN3O. The summed E-state index contributed by atoms with van der Waals surface area (Å²) in [5, 5.41) is 6.68. The lowest BCUT2D eigenvalue weighted by molar-refractivity contribution is -0.117. The molecule has 0 fully saturated rings. The van der Waals surface area contributed by atoms with Gasteiger partial charge >= 0.3 is 0 Å². The third-order valence-electron chi connectivity index (χ3n) is 1.60. The van der Waals surface area contributed by atoms with Gasteiger partial charge < -0.3 is 5.32 Å². The molecule has 0 spiro atoms. The maximum atomic E-state index is 11.5. The molecule has 13 heavy (non-hydrogen) atoms. The van der Waals surface area contributed by atoms with Crippen molar-refractivity contribution < 1.29 is 4.79 Å². The first-order chi connectivity index (χ1) is 5.91. The van der Waals surface area contributed by atoms with Crippen LogP contribution in [0.25, 0.3) is 0 Å². The summed E-state index contributed by atoms with van der Waals surface area (Å²) in [6.07, 6.45) is 1.64. The van der Waals surface area contributed by atoms with E-state index in [4.69, 9.17) is 0 Å². The van der Waals surface area contributed by atoms with Gasteiger partial charge in [-0.25, -0.2) is 0 Å². The van der Waals surface area contributed by atoms with Crippen LogP contribution in [-0.2, 0) is 11.8 Å². The summed E-state index contributed by atoms with van der Waals surface area (Å²) in [6.45, 7) is 3.58. The number of nitrogens with zero attached hydrogens (tertiary/aromatic N) is 2. The number of hydrogen-bond donors (Lipinski definition) is 1. The average molecular weight is 246 g/mol. The number of nitrogens with one attached hydrogen (secondary N) is 1. The Balaban J connectivity index is 2.71. The summed E-state index contributed by atoms with van der Waals surface area (Å²) >= 11 is 3.27. The zero-order valence-electron chi connectivity index (χ0n) is 7.84. The number of alkyl halides is 1. The van der Waals surface area contributed by atoms with Crippen molar-refractivity contribution in [3.8, 4) is 0 Å². The van der Waals surface area contributed by atoms with Gasteiger partial charge in [-0.15, -0.1) is 0 Å². The van der Waals surface area contributed by atoms with Gasteiger partial charge in [0.15, 0.2) is 0 Å². The van der Waals surface area contributed by atoms with Crippen LogP contribution in [0, 0.1) is 0 Å². The molecule has 0 unspecified atom stereocenters. The number of aromatic nitrogens is 2. The maximum absolute atomic E-state index is 11.5. The third-order valence-corrected chi connectivity index (χ3v) is 1.96. The van der Waals surface area contributed by atoms with Gasteiger partial charge in [0, 0.05) is 13.1 Å². The predicted molar refractivity (Wildman–Crippen MR) is 54.8 cm³/mol. The van der Waals surface area contributed by atoms with Crippen molar-refractivity contribution >= 4 is 27.7 Å². The molecule has 0 aromatic carbocycles. The minimum absolute atomic E-state index is 0.0869. The molecule has 0 aliphatic heterocycles. The molecule has 0 saturated heterocycles. The van der Waals surface area contributed by atoms with E-state index >= 15 is 0 Å². The highest BCUT2D eigenvalue weighted by Crippen LogP contribution is 2.18. The van der Waals surface area contributed by atoms with Crippen LogP contribution in [0.4, 0.5) is 5.82 Å². The molecule has 0 aliphatic rings. The van der Waals surface area contributed by atoms with E-state index in [-0.39, 0.29) is 5.91 Å². The van der Waals surface area contributed by atoms with E-state index in [1.54, 1.807) is 37.8 Å². The van der Waals surface area contributed by atoms with Crippen LogP contribution in [-0.4, -0.2) is 20.0 Å². The van der Waals surface area contributed by atoms with E-state index in [0.29, 0.717) is 5.82 Å². The molecule has 72 valence electrons. The van der Waals surface area contributed by atoms with Crippen LogP contribution >= 0.6 is 15.9 Å². The molecule has 1 aromatic rings. The number of carbonyl (C=O) groups excluding carboxylic acids is 1. The van der Waals surface area contributed by atoms with Gasteiger partial charge in [0.2, 0.25) is 5.91 Å². The zero-order valence-corrected chi connectivity index (χ0v) is 9.42. The van der Waals surface area contributed by atoms with Gasteiger partial charge in [0.05, 0.1) is 10.5 Å². The van der Waals surface area contributed by atoms with Crippen LogP contribution in [0.15, 0.2) is 12.3 Å². The summed E-state index contributed by atoms with van der Waals surface area (Å²) in [5.74, 6) is 0.605. The molecule has 1 N–H and O–H groups in total. The lowest BCUT2D eigenvalue weighted by Crippen LogP contribution is -2.31. The third kappa shape index (κ3) is 2.55. The molecular weight excluding hydrogens is 234 g/mol. The Bertz CT molecular complexity index is 313. The Morgan fingerprint density at radius 3 is 2.69 bits per heavy atom. The van der Waals surface area contributed by atoms with E-state index in [1.807, 2.05) is 0 Å². The number of rotatable bonds is 2. The quantitative estimate of drug-likeness (QED) is 0.804. The van der Waals surface area contributed by atoms with Crippen molar-refractivity contribution in [2.24, 2.45) is 7.05 Å². The molecule has 1 amide bonds. The van der Waals surface area contributed by atoms with Gasteiger partial charge in [0.25, 0.3) is 0 Å². The molecule has 0 aliphatic carbocycles.